The van der Waals surface area contributed by atoms with E-state index in [2.05, 4.69) is 9.97 Å². The lowest BCUT2D eigenvalue weighted by atomic mass is 10.0. The van der Waals surface area contributed by atoms with Crippen LogP contribution < -0.4 is 0 Å². The molecule has 4 nitrogen and oxygen atoms in total. The van der Waals surface area contributed by atoms with E-state index in [1.807, 2.05) is 6.07 Å². The van der Waals surface area contributed by atoms with Crippen LogP contribution in [0.2, 0.25) is 5.15 Å². The van der Waals surface area contributed by atoms with Gasteiger partial charge >= 0.3 is 5.97 Å². The highest BCUT2D eigenvalue weighted by Gasteiger charge is 2.16. The predicted molar refractivity (Wildman–Crippen MR) is 63.8 cm³/mol. The Bertz CT molecular complexity index is 543. The molecule has 2 heterocycles. The number of carbonyl (C=O) groups excluding carboxylic acids is 1. The third kappa shape index (κ3) is 2.26. The van der Waals surface area contributed by atoms with E-state index in [9.17, 15) is 4.79 Å². The molecule has 0 atom stereocenters. The molecule has 86 valence electrons. The lowest BCUT2D eigenvalue weighted by Crippen LogP contribution is -2.04. The molecule has 0 aliphatic heterocycles. The smallest absolute Gasteiger partial charge is 0.338 e. The van der Waals surface area contributed by atoms with E-state index in [0.717, 1.165) is 5.56 Å². The monoisotopic (exact) mass is 248 g/mol. The van der Waals surface area contributed by atoms with E-state index >= 15 is 0 Å². The van der Waals surface area contributed by atoms with Gasteiger partial charge in [0, 0.05) is 29.7 Å². The molecule has 0 N–H and O–H groups in total. The fraction of sp³-hybridized carbons (Fsp3) is 0.0833. The van der Waals surface area contributed by atoms with Gasteiger partial charge in [-0.05, 0) is 12.1 Å². The van der Waals surface area contributed by atoms with Crippen molar-refractivity contribution in [1.29, 1.82) is 0 Å². The summed E-state index contributed by atoms with van der Waals surface area (Å²) in [5.41, 5.74) is 1.64. The molecular weight excluding hydrogens is 240 g/mol. The molecule has 0 aliphatic carbocycles. The third-order valence-electron chi connectivity index (χ3n) is 2.26. The lowest BCUT2D eigenvalue weighted by molar-refractivity contribution is 0.0601. The summed E-state index contributed by atoms with van der Waals surface area (Å²) in [6.45, 7) is 0. The molecule has 2 aromatic rings. The van der Waals surface area contributed by atoms with E-state index in [1.54, 1.807) is 24.5 Å². The van der Waals surface area contributed by atoms with Crippen molar-refractivity contribution in [2.75, 3.05) is 7.11 Å². The van der Waals surface area contributed by atoms with Crippen molar-refractivity contribution >= 4 is 17.6 Å². The number of carbonyl (C=O) groups is 1. The number of nitrogens with zero attached hydrogens (tertiary/aromatic N) is 2. The zero-order valence-electron chi connectivity index (χ0n) is 9.05. The van der Waals surface area contributed by atoms with Gasteiger partial charge in [-0.15, -0.1) is 0 Å². The van der Waals surface area contributed by atoms with Crippen LogP contribution in [0.25, 0.3) is 11.1 Å². The molecule has 0 fully saturated rings. The predicted octanol–water partition coefficient (Wildman–Crippen LogP) is 2.58. The fourth-order valence-corrected chi connectivity index (χ4v) is 1.77. The number of rotatable bonds is 2. The van der Waals surface area contributed by atoms with Gasteiger partial charge in [0.15, 0.2) is 0 Å². The number of esters is 1. The van der Waals surface area contributed by atoms with E-state index in [1.165, 1.54) is 13.3 Å². The Morgan fingerprint density at radius 3 is 2.82 bits per heavy atom. The Kier molecular flexibility index (Phi) is 3.35. The van der Waals surface area contributed by atoms with Gasteiger partial charge in [0.05, 0.1) is 12.7 Å². The summed E-state index contributed by atoms with van der Waals surface area (Å²) < 4.78 is 4.71. The number of halogens is 1. The Hall–Kier alpha value is -1.94. The van der Waals surface area contributed by atoms with Crippen molar-refractivity contribution in [2.24, 2.45) is 0 Å². The molecule has 17 heavy (non-hydrogen) atoms. The average Bonchev–Trinajstić information content (AvgIpc) is 2.38. The minimum Gasteiger partial charge on any atom is -0.465 e. The third-order valence-corrected chi connectivity index (χ3v) is 2.55. The van der Waals surface area contributed by atoms with E-state index in [0.29, 0.717) is 11.1 Å². The molecule has 0 bridgehead atoms. The molecule has 2 aromatic heterocycles. The van der Waals surface area contributed by atoms with E-state index < -0.39 is 5.97 Å². The maximum absolute atomic E-state index is 11.6. The van der Waals surface area contributed by atoms with Gasteiger partial charge in [-0.25, -0.2) is 9.78 Å². The number of hydrogen-bond donors (Lipinski definition) is 0. The van der Waals surface area contributed by atoms with Crippen LogP contribution in [-0.4, -0.2) is 23.0 Å². The number of aromatic nitrogens is 2. The summed E-state index contributed by atoms with van der Waals surface area (Å²) in [6, 6.07) is 5.14. The molecule has 2 rings (SSSR count). The van der Waals surface area contributed by atoms with Crippen molar-refractivity contribution < 1.29 is 9.53 Å². The molecule has 0 aliphatic rings. The molecule has 0 saturated carbocycles. The lowest BCUT2D eigenvalue weighted by Gasteiger charge is -2.08. The van der Waals surface area contributed by atoms with Crippen LogP contribution in [0.3, 0.4) is 0 Å². The number of hydrogen-bond acceptors (Lipinski definition) is 4. The van der Waals surface area contributed by atoms with Crippen LogP contribution in [-0.2, 0) is 4.74 Å². The van der Waals surface area contributed by atoms with E-state index in [4.69, 9.17) is 16.3 Å². The highest BCUT2D eigenvalue weighted by atomic mass is 35.5. The molecule has 0 unspecified atom stereocenters. The van der Waals surface area contributed by atoms with E-state index in [-0.39, 0.29) is 5.15 Å². The normalized spacial score (nSPS) is 10.0. The average molecular weight is 249 g/mol. The van der Waals surface area contributed by atoms with Gasteiger partial charge in [-0.2, -0.15) is 0 Å². The maximum Gasteiger partial charge on any atom is 0.338 e. The first kappa shape index (κ1) is 11.5. The zero-order valence-corrected chi connectivity index (χ0v) is 9.81. The summed E-state index contributed by atoms with van der Waals surface area (Å²) >= 11 is 6.02. The number of methoxy groups -OCH3 is 1. The van der Waals surface area contributed by atoms with Crippen LogP contribution in [0.15, 0.2) is 36.8 Å². The van der Waals surface area contributed by atoms with Gasteiger partial charge in [0.2, 0.25) is 0 Å². The summed E-state index contributed by atoms with van der Waals surface area (Å²) in [4.78, 5) is 19.6. The highest BCUT2D eigenvalue weighted by Crippen LogP contribution is 2.29. The van der Waals surface area contributed by atoms with Gasteiger partial charge in [0.25, 0.3) is 0 Å². The molecule has 0 saturated heterocycles. The summed E-state index contributed by atoms with van der Waals surface area (Å²) in [7, 11) is 1.32. The maximum atomic E-state index is 11.6. The molecular formula is C12H9ClN2O2. The standard InChI is InChI=1S/C12H9ClN2O2/c1-17-12(16)9-4-6-15-11(13)10(9)8-3-2-5-14-7-8/h2-7H,1H3. The second-order valence-corrected chi connectivity index (χ2v) is 3.62. The van der Waals surface area contributed by atoms with Crippen LogP contribution in [0.5, 0.6) is 0 Å². The second-order valence-electron chi connectivity index (χ2n) is 3.26. The number of ether oxygens (including phenoxy) is 1. The molecule has 0 radical (unpaired) electrons. The summed E-state index contributed by atoms with van der Waals surface area (Å²) in [5.74, 6) is -0.451. The first-order valence-electron chi connectivity index (χ1n) is 4.87. The molecule has 0 spiro atoms. The summed E-state index contributed by atoms with van der Waals surface area (Å²) in [5, 5.41) is 0.251. The Morgan fingerprint density at radius 1 is 1.35 bits per heavy atom. The fourth-order valence-electron chi connectivity index (χ4n) is 1.50. The first-order valence-corrected chi connectivity index (χ1v) is 5.25. The van der Waals surface area contributed by atoms with Crippen molar-refractivity contribution in [3.8, 4) is 11.1 Å². The van der Waals surface area contributed by atoms with Gasteiger partial charge < -0.3 is 4.74 Å². The van der Waals surface area contributed by atoms with Crippen LogP contribution >= 0.6 is 11.6 Å². The Balaban J connectivity index is 2.64. The Morgan fingerprint density at radius 2 is 2.18 bits per heavy atom. The first-order chi connectivity index (χ1) is 8.24. The van der Waals surface area contributed by atoms with Gasteiger partial charge in [-0.1, -0.05) is 17.7 Å². The second kappa shape index (κ2) is 4.93. The summed E-state index contributed by atoms with van der Waals surface area (Å²) in [6.07, 6.45) is 4.73. The van der Waals surface area contributed by atoms with Crippen LogP contribution in [0.4, 0.5) is 0 Å². The quantitative estimate of drug-likeness (QED) is 0.606. The van der Waals surface area contributed by atoms with Crippen LogP contribution in [0.1, 0.15) is 10.4 Å². The highest BCUT2D eigenvalue weighted by molar-refractivity contribution is 6.33. The molecule has 0 amide bonds. The van der Waals surface area contributed by atoms with Gasteiger partial charge in [0.1, 0.15) is 5.15 Å². The minimum atomic E-state index is -0.451. The van der Waals surface area contributed by atoms with Crippen molar-refractivity contribution in [3.63, 3.8) is 0 Å². The van der Waals surface area contributed by atoms with Crippen molar-refractivity contribution in [1.82, 2.24) is 9.97 Å². The topological polar surface area (TPSA) is 52.1 Å². The van der Waals surface area contributed by atoms with Crippen LogP contribution in [0, 0.1) is 0 Å². The zero-order chi connectivity index (χ0) is 12.3. The van der Waals surface area contributed by atoms with Crippen molar-refractivity contribution in [2.45, 2.75) is 0 Å². The van der Waals surface area contributed by atoms with Gasteiger partial charge in [-0.3, -0.25) is 4.98 Å². The largest absolute Gasteiger partial charge is 0.465 e. The Labute approximate surface area is 103 Å². The molecule has 0 aromatic carbocycles. The molecule has 5 heteroatoms. The van der Waals surface area contributed by atoms with Crippen molar-refractivity contribution in [3.05, 3.63) is 47.5 Å². The number of pyridine rings is 2. The SMILES string of the molecule is COC(=O)c1ccnc(Cl)c1-c1cccnc1. The minimum absolute atomic E-state index is 0.251.